The lowest BCUT2D eigenvalue weighted by Crippen LogP contribution is -2.03. The van der Waals surface area contributed by atoms with E-state index in [0.717, 1.165) is 23.1 Å². The number of anilines is 2. The molecule has 2 N–H and O–H groups in total. The number of aromatic carboxylic acids is 1. The number of carboxylic acids is 1. The molecule has 0 radical (unpaired) electrons. The number of hydrogen-bond acceptors (Lipinski definition) is 3. The summed E-state index contributed by atoms with van der Waals surface area (Å²) in [5.74, 6) is -1.61. The van der Waals surface area contributed by atoms with Crippen molar-refractivity contribution in [2.75, 3.05) is 5.32 Å². The van der Waals surface area contributed by atoms with Gasteiger partial charge < -0.3 is 10.4 Å². The summed E-state index contributed by atoms with van der Waals surface area (Å²) in [4.78, 5) is 11.2. The van der Waals surface area contributed by atoms with Crippen LogP contribution >= 0.6 is 0 Å². The first-order valence-corrected chi connectivity index (χ1v) is 7.37. The predicted molar refractivity (Wildman–Crippen MR) is 89.7 cm³/mol. The Morgan fingerprint density at radius 3 is 2.42 bits per heavy atom. The third kappa shape index (κ3) is 3.12. The molecule has 24 heavy (non-hydrogen) atoms. The molecule has 122 valence electrons. The van der Waals surface area contributed by atoms with Crippen molar-refractivity contribution >= 4 is 17.3 Å². The third-order valence-corrected chi connectivity index (χ3v) is 3.61. The fourth-order valence-electron chi connectivity index (χ4n) is 2.54. The van der Waals surface area contributed by atoms with Gasteiger partial charge in [0.1, 0.15) is 5.82 Å². The summed E-state index contributed by atoms with van der Waals surface area (Å²) in [6.07, 6.45) is 0. The highest BCUT2D eigenvalue weighted by atomic mass is 19.1. The van der Waals surface area contributed by atoms with Gasteiger partial charge in [0.25, 0.3) is 0 Å². The molecule has 5 nitrogen and oxygen atoms in total. The Morgan fingerprint density at radius 2 is 1.83 bits per heavy atom. The van der Waals surface area contributed by atoms with Gasteiger partial charge in [0.2, 0.25) is 0 Å². The van der Waals surface area contributed by atoms with Gasteiger partial charge in [-0.25, -0.2) is 13.9 Å². The second kappa shape index (κ2) is 6.16. The van der Waals surface area contributed by atoms with E-state index in [0.29, 0.717) is 5.69 Å². The van der Waals surface area contributed by atoms with Crippen molar-refractivity contribution in [3.8, 4) is 5.69 Å². The van der Waals surface area contributed by atoms with Crippen LogP contribution in [-0.2, 0) is 0 Å². The molecule has 0 atom stereocenters. The molecular weight excluding hydrogens is 309 g/mol. The van der Waals surface area contributed by atoms with E-state index in [1.165, 1.54) is 12.1 Å². The van der Waals surface area contributed by atoms with Crippen LogP contribution in [0.1, 0.15) is 21.7 Å². The smallest absolute Gasteiger partial charge is 0.337 e. The topological polar surface area (TPSA) is 67.2 Å². The minimum atomic E-state index is -1.11. The van der Waals surface area contributed by atoms with Gasteiger partial charge in [-0.05, 0) is 62.4 Å². The normalized spacial score (nSPS) is 10.6. The minimum Gasteiger partial charge on any atom is -0.478 e. The van der Waals surface area contributed by atoms with E-state index in [1.807, 2.05) is 36.7 Å². The van der Waals surface area contributed by atoms with Gasteiger partial charge in [-0.15, -0.1) is 0 Å². The highest BCUT2D eigenvalue weighted by Crippen LogP contribution is 2.23. The van der Waals surface area contributed by atoms with Crippen LogP contribution in [0.5, 0.6) is 0 Å². The van der Waals surface area contributed by atoms with E-state index in [-0.39, 0.29) is 11.3 Å². The summed E-state index contributed by atoms with van der Waals surface area (Å²) >= 11 is 0. The van der Waals surface area contributed by atoms with Gasteiger partial charge in [0.05, 0.1) is 22.6 Å². The number of benzene rings is 2. The molecule has 0 fully saturated rings. The van der Waals surface area contributed by atoms with E-state index in [1.54, 1.807) is 12.1 Å². The molecular formula is C18H16FN3O2. The number of carbonyl (C=O) groups is 1. The Labute approximate surface area is 138 Å². The highest BCUT2D eigenvalue weighted by Gasteiger charge is 2.11. The lowest BCUT2D eigenvalue weighted by Gasteiger charge is -2.11. The monoisotopic (exact) mass is 325 g/mol. The molecule has 0 saturated heterocycles. The van der Waals surface area contributed by atoms with Crippen LogP contribution in [0.4, 0.5) is 15.8 Å². The van der Waals surface area contributed by atoms with Gasteiger partial charge in [-0.2, -0.15) is 5.10 Å². The Morgan fingerprint density at radius 1 is 1.12 bits per heavy atom. The van der Waals surface area contributed by atoms with Crippen molar-refractivity contribution in [3.05, 3.63) is 71.3 Å². The zero-order valence-corrected chi connectivity index (χ0v) is 13.2. The summed E-state index contributed by atoms with van der Waals surface area (Å²) in [5, 5.41) is 16.5. The van der Waals surface area contributed by atoms with E-state index in [4.69, 9.17) is 0 Å². The third-order valence-electron chi connectivity index (χ3n) is 3.61. The molecule has 0 saturated carbocycles. The summed E-state index contributed by atoms with van der Waals surface area (Å²) < 4.78 is 15.2. The van der Waals surface area contributed by atoms with Crippen LogP contribution in [0.3, 0.4) is 0 Å². The first-order valence-electron chi connectivity index (χ1n) is 7.37. The van der Waals surface area contributed by atoms with E-state index in [9.17, 15) is 14.3 Å². The molecule has 0 spiro atoms. The number of nitrogens with one attached hydrogen (secondary N) is 1. The Hall–Kier alpha value is -3.15. The van der Waals surface area contributed by atoms with Crippen LogP contribution in [-0.4, -0.2) is 20.9 Å². The summed E-state index contributed by atoms with van der Waals surface area (Å²) in [6, 6.07) is 12.8. The average Bonchev–Trinajstić information content (AvgIpc) is 2.86. The molecule has 0 aliphatic rings. The largest absolute Gasteiger partial charge is 0.478 e. The van der Waals surface area contributed by atoms with Crippen molar-refractivity contribution in [1.29, 1.82) is 0 Å². The van der Waals surface area contributed by atoms with Gasteiger partial charge in [0.15, 0.2) is 0 Å². The van der Waals surface area contributed by atoms with Crippen molar-refractivity contribution < 1.29 is 14.3 Å². The number of rotatable bonds is 4. The van der Waals surface area contributed by atoms with Gasteiger partial charge in [-0.1, -0.05) is 0 Å². The summed E-state index contributed by atoms with van der Waals surface area (Å²) in [7, 11) is 0. The number of aromatic nitrogens is 2. The first-order chi connectivity index (χ1) is 11.4. The Bertz CT molecular complexity index is 901. The van der Waals surface area contributed by atoms with Crippen molar-refractivity contribution in [1.82, 2.24) is 9.78 Å². The molecule has 6 heteroatoms. The molecule has 0 aliphatic carbocycles. The zero-order valence-electron chi connectivity index (χ0n) is 13.2. The number of hydrogen-bond donors (Lipinski definition) is 2. The maximum atomic E-state index is 13.4. The fourth-order valence-corrected chi connectivity index (χ4v) is 2.54. The van der Waals surface area contributed by atoms with Gasteiger partial charge in [0, 0.05) is 11.4 Å². The van der Waals surface area contributed by atoms with Crippen LogP contribution in [0.2, 0.25) is 0 Å². The quantitative estimate of drug-likeness (QED) is 0.759. The molecule has 0 bridgehead atoms. The van der Waals surface area contributed by atoms with Crippen LogP contribution in [0.15, 0.2) is 48.5 Å². The Kier molecular flexibility index (Phi) is 4.04. The van der Waals surface area contributed by atoms with Crippen LogP contribution < -0.4 is 5.32 Å². The Balaban J connectivity index is 1.89. The maximum Gasteiger partial charge on any atom is 0.337 e. The molecule has 1 aromatic heterocycles. The first kappa shape index (κ1) is 15.7. The molecule has 3 rings (SSSR count). The van der Waals surface area contributed by atoms with Crippen LogP contribution in [0, 0.1) is 19.7 Å². The second-order valence-electron chi connectivity index (χ2n) is 5.51. The molecule has 0 unspecified atom stereocenters. The van der Waals surface area contributed by atoms with E-state index < -0.39 is 11.8 Å². The van der Waals surface area contributed by atoms with E-state index in [2.05, 4.69) is 10.4 Å². The number of aryl methyl sites for hydroxylation is 2. The maximum absolute atomic E-state index is 13.4. The lowest BCUT2D eigenvalue weighted by atomic mass is 10.1. The number of halogens is 1. The minimum absolute atomic E-state index is 0.0130. The van der Waals surface area contributed by atoms with Crippen LogP contribution in [0.25, 0.3) is 5.69 Å². The summed E-state index contributed by atoms with van der Waals surface area (Å²) in [5.41, 5.74) is 3.73. The molecule has 0 aliphatic heterocycles. The lowest BCUT2D eigenvalue weighted by molar-refractivity contribution is 0.0698. The average molecular weight is 325 g/mol. The number of carboxylic acid groups (broad SMARTS) is 1. The molecule has 1 heterocycles. The van der Waals surface area contributed by atoms with Gasteiger partial charge in [-0.3, -0.25) is 0 Å². The molecule has 0 amide bonds. The van der Waals surface area contributed by atoms with Gasteiger partial charge >= 0.3 is 5.97 Å². The highest BCUT2D eigenvalue weighted by molar-refractivity contribution is 5.95. The molecule has 3 aromatic rings. The van der Waals surface area contributed by atoms with Crippen molar-refractivity contribution in [3.63, 3.8) is 0 Å². The van der Waals surface area contributed by atoms with E-state index >= 15 is 0 Å². The SMILES string of the molecule is Cc1cc(C)n(-c2ccc(Nc3cc(F)ccc3C(=O)O)cc2)n1. The fraction of sp³-hybridized carbons (Fsp3) is 0.111. The second-order valence-corrected chi connectivity index (χ2v) is 5.51. The summed E-state index contributed by atoms with van der Waals surface area (Å²) in [6.45, 7) is 3.90. The van der Waals surface area contributed by atoms with Crippen molar-refractivity contribution in [2.24, 2.45) is 0 Å². The molecule has 2 aromatic carbocycles. The zero-order chi connectivity index (χ0) is 17.3. The number of nitrogens with zero attached hydrogens (tertiary/aromatic N) is 2. The van der Waals surface area contributed by atoms with Crippen molar-refractivity contribution in [2.45, 2.75) is 13.8 Å². The standard InChI is InChI=1S/C18H16FN3O2/c1-11-9-12(2)22(21-11)15-6-4-14(5-7-15)20-17-10-13(19)3-8-16(17)18(23)24/h3-10,20H,1-2H3,(H,23,24). The predicted octanol–water partition coefficient (Wildman–Crippen LogP) is 4.07.